The molecule has 0 aliphatic carbocycles. The smallest absolute Gasteiger partial charge is 0.326 e. The molecule has 0 unspecified atom stereocenters. The van der Waals surface area contributed by atoms with E-state index < -0.39 is 152 Å². The van der Waals surface area contributed by atoms with Crippen LogP contribution >= 0.6 is 0 Å². The number of aliphatic carboxylic acids is 2. The molecule has 71 heavy (non-hydrogen) atoms. The van der Waals surface area contributed by atoms with E-state index in [1.807, 2.05) is 0 Å². The third kappa shape index (κ3) is 23.5. The van der Waals surface area contributed by atoms with Crippen LogP contribution in [0, 0.1) is 17.8 Å². The number of primary amides is 1. The molecule has 0 aromatic heterocycles. The Morgan fingerprint density at radius 1 is 0.592 bits per heavy atom. The molecule has 0 heterocycles. The van der Waals surface area contributed by atoms with Gasteiger partial charge in [-0.25, -0.2) is 4.79 Å². The number of hydrogen-bond acceptors (Lipinski definition) is 15. The van der Waals surface area contributed by atoms with Crippen molar-refractivity contribution in [2.45, 2.75) is 141 Å². The predicted molar refractivity (Wildman–Crippen MR) is 254 cm³/mol. The van der Waals surface area contributed by atoms with Crippen molar-refractivity contribution in [1.82, 2.24) is 42.5 Å². The SMILES string of the molecule is CC(C)C[C@H](NC(=O)[C@@H](N)C(C)C)C(=O)NCC(=O)N[C@@H](CCC(N)=O)C(=O)N[C@@H](CC(=O)O)C(=O)N[C@@H](CCCCN)C(=O)N[C@H](C(=O)N[C@@H](CO)C(=O)N[C@@H](Cc1ccc(O)cc1)C(=O)O)C(C)C. The van der Waals surface area contributed by atoms with Gasteiger partial charge in [-0.3, -0.25) is 47.9 Å². The first-order valence-corrected chi connectivity index (χ1v) is 23.2. The van der Waals surface area contributed by atoms with Crippen LogP contribution in [-0.2, 0) is 59.2 Å². The molecule has 0 bridgehead atoms. The van der Waals surface area contributed by atoms with Gasteiger partial charge in [-0.15, -0.1) is 0 Å². The van der Waals surface area contributed by atoms with Gasteiger partial charge in [0, 0.05) is 12.8 Å². The number of nitrogens with one attached hydrogen (secondary N) is 8. The summed E-state index contributed by atoms with van der Waals surface area (Å²) < 4.78 is 0. The van der Waals surface area contributed by atoms with E-state index in [1.165, 1.54) is 38.1 Å². The quantitative estimate of drug-likeness (QED) is 0.0299. The van der Waals surface area contributed by atoms with Crippen LogP contribution in [0.3, 0.4) is 0 Å². The number of carboxylic acids is 2. The number of carbonyl (C=O) groups is 11. The second kappa shape index (κ2) is 31.3. The lowest BCUT2D eigenvalue weighted by atomic mass is 10.0. The Kier molecular flexibility index (Phi) is 27.4. The zero-order chi connectivity index (χ0) is 54.1. The standard InChI is InChI=1S/C45H73N11O15/c1-22(2)17-29(53-43(68)36(48)23(3)4)38(63)49-20-34(60)50-28(14-15-33(47)59)39(64)52-30(19-35(61)62)41(66)51-27(9-7-8-16-46)40(65)56-37(24(5)6)44(69)55-32(21-57)42(67)54-31(45(70)71)18-25-10-12-26(58)13-11-25/h10-13,22-24,27-32,36-37,57-58H,7-9,14-21,46,48H2,1-6H3,(H2,47,59)(H,49,63)(H,50,60)(H,51,66)(H,52,64)(H,53,68)(H,54,67)(H,55,69)(H,56,65)(H,61,62)(H,70,71)/t27-,28-,29-,30-,31-,32-,36-,37-/m0/s1. The number of hydrogen-bond donors (Lipinski definition) is 15. The number of phenols is 1. The highest BCUT2D eigenvalue weighted by atomic mass is 16.4. The van der Waals surface area contributed by atoms with Crippen molar-refractivity contribution in [3.63, 3.8) is 0 Å². The van der Waals surface area contributed by atoms with Crippen LogP contribution in [0.25, 0.3) is 0 Å². The highest BCUT2D eigenvalue weighted by molar-refractivity contribution is 5.98. The van der Waals surface area contributed by atoms with Gasteiger partial charge < -0.3 is 80.2 Å². The molecule has 1 aromatic carbocycles. The van der Waals surface area contributed by atoms with Gasteiger partial charge in [0.15, 0.2) is 0 Å². The summed E-state index contributed by atoms with van der Waals surface area (Å²) in [7, 11) is 0. The van der Waals surface area contributed by atoms with Gasteiger partial charge in [-0.1, -0.05) is 53.7 Å². The molecule has 0 spiro atoms. The predicted octanol–water partition coefficient (Wildman–Crippen LogP) is -3.92. The number of aliphatic hydroxyl groups is 1. The van der Waals surface area contributed by atoms with E-state index >= 15 is 0 Å². The molecule has 0 fully saturated rings. The van der Waals surface area contributed by atoms with Crippen LogP contribution in [0.4, 0.5) is 0 Å². The maximum atomic E-state index is 13.9. The first kappa shape index (κ1) is 62.1. The van der Waals surface area contributed by atoms with Crippen molar-refractivity contribution in [3.8, 4) is 5.75 Å². The van der Waals surface area contributed by atoms with Crippen molar-refractivity contribution in [2.24, 2.45) is 35.0 Å². The first-order chi connectivity index (χ1) is 33.2. The number of rotatable bonds is 33. The Morgan fingerprint density at radius 2 is 1.11 bits per heavy atom. The van der Waals surface area contributed by atoms with Crippen molar-refractivity contribution in [2.75, 3.05) is 19.7 Å². The number of phenolic OH excluding ortho intramolecular Hbond substituents is 1. The number of aliphatic hydroxyl groups excluding tert-OH is 1. The molecule has 0 aliphatic heterocycles. The monoisotopic (exact) mass is 1010 g/mol. The largest absolute Gasteiger partial charge is 0.508 e. The Morgan fingerprint density at radius 3 is 1.63 bits per heavy atom. The van der Waals surface area contributed by atoms with Gasteiger partial charge >= 0.3 is 11.9 Å². The lowest BCUT2D eigenvalue weighted by Gasteiger charge is -2.28. The lowest BCUT2D eigenvalue weighted by Crippen LogP contribution is -2.61. The van der Waals surface area contributed by atoms with Crippen molar-refractivity contribution < 1.29 is 73.2 Å². The summed E-state index contributed by atoms with van der Waals surface area (Å²) in [5.74, 6) is -12.7. The topological polar surface area (TPSA) is 443 Å². The molecule has 0 aliphatic rings. The van der Waals surface area contributed by atoms with Gasteiger partial charge in [0.25, 0.3) is 0 Å². The van der Waals surface area contributed by atoms with Crippen molar-refractivity contribution in [1.29, 1.82) is 0 Å². The summed E-state index contributed by atoms with van der Waals surface area (Å²) in [6.07, 6.45) is -1.56. The van der Waals surface area contributed by atoms with Crippen LogP contribution in [0.5, 0.6) is 5.75 Å². The number of aromatic hydroxyl groups is 1. The third-order valence-corrected chi connectivity index (χ3v) is 10.8. The van der Waals surface area contributed by atoms with Crippen LogP contribution < -0.4 is 59.7 Å². The summed E-state index contributed by atoms with van der Waals surface area (Å²) in [4.78, 5) is 143. The molecule has 26 heteroatoms. The number of benzene rings is 1. The fraction of sp³-hybridized carbons (Fsp3) is 0.622. The zero-order valence-corrected chi connectivity index (χ0v) is 41.0. The van der Waals surface area contributed by atoms with Crippen LogP contribution in [-0.4, -0.2) is 154 Å². The summed E-state index contributed by atoms with van der Waals surface area (Å²) in [6, 6.07) is -6.19. The zero-order valence-electron chi connectivity index (χ0n) is 41.0. The highest BCUT2D eigenvalue weighted by Gasteiger charge is 2.35. The molecule has 9 amide bonds. The Bertz CT molecular complexity index is 2000. The maximum Gasteiger partial charge on any atom is 0.326 e. The average Bonchev–Trinajstić information content (AvgIpc) is 3.28. The Balaban J connectivity index is 3.27. The van der Waals surface area contributed by atoms with E-state index in [0.29, 0.717) is 12.0 Å². The minimum atomic E-state index is -1.91. The minimum Gasteiger partial charge on any atom is -0.508 e. The fourth-order valence-electron chi connectivity index (χ4n) is 6.64. The molecule has 398 valence electrons. The van der Waals surface area contributed by atoms with E-state index in [0.717, 1.165) is 0 Å². The van der Waals surface area contributed by atoms with Gasteiger partial charge in [0.05, 0.1) is 25.6 Å². The molecular weight excluding hydrogens is 935 g/mol. The molecule has 18 N–H and O–H groups in total. The van der Waals surface area contributed by atoms with Gasteiger partial charge in [0.2, 0.25) is 53.2 Å². The molecule has 1 aromatic rings. The summed E-state index contributed by atoms with van der Waals surface area (Å²) >= 11 is 0. The number of unbranched alkanes of at least 4 members (excludes halogenated alkanes) is 1. The number of amides is 9. The van der Waals surface area contributed by atoms with Crippen molar-refractivity contribution >= 4 is 65.1 Å². The molecule has 8 atom stereocenters. The van der Waals surface area contributed by atoms with Crippen LogP contribution in [0.1, 0.15) is 92.1 Å². The number of carbonyl (C=O) groups excluding carboxylic acids is 9. The van der Waals surface area contributed by atoms with Gasteiger partial charge in [-0.2, -0.15) is 0 Å². The Hall–Kier alpha value is -6.93. The highest BCUT2D eigenvalue weighted by Crippen LogP contribution is 2.13. The average molecular weight is 1010 g/mol. The normalized spacial score (nSPS) is 14.5. The van der Waals surface area contributed by atoms with Gasteiger partial charge in [0.1, 0.15) is 48.0 Å². The summed E-state index contributed by atoms with van der Waals surface area (Å²) in [5, 5.41) is 57.9. The Labute approximate surface area is 411 Å². The van der Waals surface area contributed by atoms with Gasteiger partial charge in [-0.05, 0) is 74.1 Å². The molecule has 0 saturated carbocycles. The maximum absolute atomic E-state index is 13.9. The van der Waals surface area contributed by atoms with Crippen LogP contribution in [0.2, 0.25) is 0 Å². The van der Waals surface area contributed by atoms with E-state index in [-0.39, 0.29) is 49.8 Å². The molecule has 1 rings (SSSR count). The van der Waals surface area contributed by atoms with E-state index in [1.54, 1.807) is 27.7 Å². The van der Waals surface area contributed by atoms with E-state index in [9.17, 15) is 73.2 Å². The molecular formula is C45H73N11O15. The summed E-state index contributed by atoms with van der Waals surface area (Å²) in [5.41, 5.74) is 17.3. The second-order valence-corrected chi connectivity index (χ2v) is 18.1. The number of nitrogens with two attached hydrogens (primary N) is 3. The van der Waals surface area contributed by atoms with Crippen molar-refractivity contribution in [3.05, 3.63) is 29.8 Å². The van der Waals surface area contributed by atoms with E-state index in [4.69, 9.17) is 17.2 Å². The molecule has 0 saturated heterocycles. The summed E-state index contributed by atoms with van der Waals surface area (Å²) in [6.45, 7) is 8.53. The lowest BCUT2D eigenvalue weighted by molar-refractivity contribution is -0.143. The molecule has 26 nitrogen and oxygen atoms in total. The third-order valence-electron chi connectivity index (χ3n) is 10.8. The first-order valence-electron chi connectivity index (χ1n) is 23.2. The van der Waals surface area contributed by atoms with E-state index in [2.05, 4.69) is 42.5 Å². The minimum absolute atomic E-state index is 0.0744. The van der Waals surface area contributed by atoms with Crippen LogP contribution in [0.15, 0.2) is 24.3 Å². The second-order valence-electron chi connectivity index (χ2n) is 18.1. The fourth-order valence-corrected chi connectivity index (χ4v) is 6.64. The number of carboxylic acid groups (broad SMARTS) is 2. The molecule has 0 radical (unpaired) electrons.